The average Bonchev–Trinajstić information content (AvgIpc) is 2.63. The molecule has 2 aromatic carbocycles. The zero-order valence-electron chi connectivity index (χ0n) is 16.1. The quantitative estimate of drug-likeness (QED) is 0.707. The molecule has 0 saturated heterocycles. The Morgan fingerprint density at radius 1 is 1.00 bits per heavy atom. The molecule has 0 heterocycles. The fourth-order valence-corrected chi connectivity index (χ4v) is 3.81. The van der Waals surface area contributed by atoms with E-state index >= 15 is 0 Å². The maximum absolute atomic E-state index is 12.5. The Morgan fingerprint density at radius 3 is 2.14 bits per heavy atom. The first kappa shape index (κ1) is 21.9. The Bertz CT molecular complexity index is 1080. The highest BCUT2D eigenvalue weighted by Gasteiger charge is 2.19. The van der Waals surface area contributed by atoms with Crippen LogP contribution in [0.2, 0.25) is 0 Å². The summed E-state index contributed by atoms with van der Waals surface area (Å²) in [6.07, 6.45) is 0. The van der Waals surface area contributed by atoms with Gasteiger partial charge in [-0.05, 0) is 55.8 Å². The van der Waals surface area contributed by atoms with Crippen LogP contribution in [0.1, 0.15) is 22.8 Å². The minimum absolute atomic E-state index is 0.0548. The molecule has 0 aliphatic heterocycles. The SMILES string of the molecule is CCS(=O)(=O)Nc1ccc(C(=O)Nc2cc(S(=O)(=O)N(C)C)ccc2C)cc1. The van der Waals surface area contributed by atoms with E-state index in [-0.39, 0.29) is 10.6 Å². The van der Waals surface area contributed by atoms with Gasteiger partial charge in [-0.1, -0.05) is 6.07 Å². The van der Waals surface area contributed by atoms with Gasteiger partial charge < -0.3 is 5.32 Å². The number of anilines is 2. The predicted molar refractivity (Wildman–Crippen MR) is 110 cm³/mol. The molecule has 0 aromatic heterocycles. The van der Waals surface area contributed by atoms with Crippen molar-refractivity contribution in [3.8, 4) is 0 Å². The number of benzene rings is 2. The number of hydrogen-bond donors (Lipinski definition) is 2. The van der Waals surface area contributed by atoms with Gasteiger partial charge in [0.2, 0.25) is 20.0 Å². The van der Waals surface area contributed by atoms with Crippen LogP contribution in [0.3, 0.4) is 0 Å². The zero-order valence-corrected chi connectivity index (χ0v) is 17.7. The molecule has 0 fully saturated rings. The first-order valence-electron chi connectivity index (χ1n) is 8.41. The molecule has 28 heavy (non-hydrogen) atoms. The number of hydrogen-bond acceptors (Lipinski definition) is 5. The van der Waals surface area contributed by atoms with Gasteiger partial charge in [0.15, 0.2) is 0 Å². The van der Waals surface area contributed by atoms with Gasteiger partial charge in [-0.2, -0.15) is 0 Å². The number of amides is 1. The predicted octanol–water partition coefficient (Wildman–Crippen LogP) is 2.26. The second-order valence-corrected chi connectivity index (χ2v) is 10.5. The third-order valence-corrected chi connectivity index (χ3v) is 7.15. The van der Waals surface area contributed by atoms with E-state index < -0.39 is 26.0 Å². The highest BCUT2D eigenvalue weighted by Crippen LogP contribution is 2.23. The molecule has 0 radical (unpaired) electrons. The molecule has 0 atom stereocenters. The Morgan fingerprint density at radius 2 is 1.61 bits per heavy atom. The fourth-order valence-electron chi connectivity index (χ4n) is 2.24. The van der Waals surface area contributed by atoms with Gasteiger partial charge in [0.05, 0.1) is 10.6 Å². The molecule has 2 aromatic rings. The minimum atomic E-state index is -3.63. The zero-order chi connectivity index (χ0) is 21.1. The lowest BCUT2D eigenvalue weighted by molar-refractivity contribution is 0.102. The second kappa shape index (κ2) is 8.29. The molecule has 0 spiro atoms. The van der Waals surface area contributed by atoms with Crippen LogP contribution in [0.4, 0.5) is 11.4 Å². The highest BCUT2D eigenvalue weighted by molar-refractivity contribution is 7.92. The van der Waals surface area contributed by atoms with Crippen molar-refractivity contribution in [2.24, 2.45) is 0 Å². The summed E-state index contributed by atoms with van der Waals surface area (Å²) in [7, 11) is -4.16. The largest absolute Gasteiger partial charge is 0.322 e. The molecule has 0 bridgehead atoms. The summed E-state index contributed by atoms with van der Waals surface area (Å²) in [4.78, 5) is 12.6. The molecule has 0 aliphatic carbocycles. The molecule has 0 unspecified atom stereocenters. The summed E-state index contributed by atoms with van der Waals surface area (Å²) in [5, 5.41) is 2.70. The highest BCUT2D eigenvalue weighted by atomic mass is 32.2. The first-order chi connectivity index (χ1) is 13.0. The van der Waals surface area contributed by atoms with Crippen LogP contribution in [0.25, 0.3) is 0 Å². The van der Waals surface area contributed by atoms with Crippen molar-refractivity contribution >= 4 is 37.3 Å². The van der Waals surface area contributed by atoms with Gasteiger partial charge in [0, 0.05) is 31.0 Å². The number of nitrogens with zero attached hydrogens (tertiary/aromatic N) is 1. The Hall–Kier alpha value is -2.43. The number of carbonyl (C=O) groups excluding carboxylic acids is 1. The third-order valence-electron chi connectivity index (χ3n) is 4.04. The summed E-state index contributed by atoms with van der Waals surface area (Å²) in [6.45, 7) is 3.28. The third kappa shape index (κ3) is 5.09. The van der Waals surface area contributed by atoms with Gasteiger partial charge in [0.25, 0.3) is 5.91 Å². The lowest BCUT2D eigenvalue weighted by Crippen LogP contribution is -2.22. The van der Waals surface area contributed by atoms with Crippen molar-refractivity contribution in [1.29, 1.82) is 0 Å². The van der Waals surface area contributed by atoms with Gasteiger partial charge in [0.1, 0.15) is 0 Å². The molecule has 0 saturated carbocycles. The topological polar surface area (TPSA) is 113 Å². The summed E-state index contributed by atoms with van der Waals surface area (Å²) < 4.78 is 51.2. The van der Waals surface area contributed by atoms with E-state index in [4.69, 9.17) is 0 Å². The van der Waals surface area contributed by atoms with E-state index in [2.05, 4.69) is 10.0 Å². The average molecular weight is 426 g/mol. The number of sulfonamides is 2. The van der Waals surface area contributed by atoms with Crippen molar-refractivity contribution in [3.05, 3.63) is 53.6 Å². The molecule has 1 amide bonds. The second-order valence-electron chi connectivity index (χ2n) is 6.30. The van der Waals surface area contributed by atoms with Crippen LogP contribution >= 0.6 is 0 Å². The monoisotopic (exact) mass is 425 g/mol. The molecule has 10 heteroatoms. The Kier molecular flexibility index (Phi) is 6.48. The summed E-state index contributed by atoms with van der Waals surface area (Å²) in [5.74, 6) is -0.492. The fraction of sp³-hybridized carbons (Fsp3) is 0.278. The van der Waals surface area contributed by atoms with Crippen molar-refractivity contribution in [2.75, 3.05) is 29.9 Å². The lowest BCUT2D eigenvalue weighted by Gasteiger charge is -2.14. The van der Waals surface area contributed by atoms with E-state index in [1.807, 2.05) is 0 Å². The maximum Gasteiger partial charge on any atom is 0.255 e. The van der Waals surface area contributed by atoms with Crippen molar-refractivity contribution < 1.29 is 21.6 Å². The van der Waals surface area contributed by atoms with Crippen LogP contribution in [0.5, 0.6) is 0 Å². The van der Waals surface area contributed by atoms with Crippen molar-refractivity contribution in [2.45, 2.75) is 18.7 Å². The van der Waals surface area contributed by atoms with Crippen LogP contribution in [-0.2, 0) is 20.0 Å². The van der Waals surface area contributed by atoms with Gasteiger partial charge in [-0.3, -0.25) is 9.52 Å². The number of nitrogens with one attached hydrogen (secondary N) is 2. The van der Waals surface area contributed by atoms with Gasteiger partial charge in [-0.15, -0.1) is 0 Å². The number of rotatable bonds is 7. The standard InChI is InChI=1S/C18H23N3O5S2/c1-5-27(23,24)20-15-9-7-14(8-10-15)18(22)19-17-12-16(11-6-13(17)2)28(25,26)21(3)4/h6-12,20H,5H2,1-4H3,(H,19,22). The normalized spacial score (nSPS) is 12.0. The van der Waals surface area contributed by atoms with E-state index in [1.54, 1.807) is 13.0 Å². The van der Waals surface area contributed by atoms with E-state index in [1.165, 1.54) is 57.4 Å². The molecular weight excluding hydrogens is 402 g/mol. The maximum atomic E-state index is 12.5. The number of aryl methyl sites for hydroxylation is 1. The first-order valence-corrected chi connectivity index (χ1v) is 11.5. The molecule has 8 nitrogen and oxygen atoms in total. The molecule has 2 rings (SSSR count). The molecule has 2 N–H and O–H groups in total. The van der Waals surface area contributed by atoms with Crippen molar-refractivity contribution in [1.82, 2.24) is 4.31 Å². The number of carbonyl (C=O) groups is 1. The molecule has 152 valence electrons. The summed E-state index contributed by atoms with van der Waals surface area (Å²) in [5.41, 5.74) is 1.75. The Labute approximate surface area is 165 Å². The summed E-state index contributed by atoms with van der Waals surface area (Å²) >= 11 is 0. The Balaban J connectivity index is 2.23. The van der Waals surface area contributed by atoms with Gasteiger partial charge in [-0.25, -0.2) is 21.1 Å². The molecular formula is C18H23N3O5S2. The van der Waals surface area contributed by atoms with Crippen molar-refractivity contribution in [3.63, 3.8) is 0 Å². The van der Waals surface area contributed by atoms with Crippen LogP contribution < -0.4 is 10.0 Å². The van der Waals surface area contributed by atoms with E-state index in [0.29, 0.717) is 22.5 Å². The van der Waals surface area contributed by atoms with E-state index in [0.717, 1.165) is 4.31 Å². The lowest BCUT2D eigenvalue weighted by atomic mass is 10.1. The summed E-state index contributed by atoms with van der Waals surface area (Å²) in [6, 6.07) is 10.5. The van der Waals surface area contributed by atoms with Crippen LogP contribution in [0.15, 0.2) is 47.4 Å². The van der Waals surface area contributed by atoms with Crippen LogP contribution in [-0.4, -0.2) is 46.9 Å². The van der Waals surface area contributed by atoms with E-state index in [9.17, 15) is 21.6 Å². The van der Waals surface area contributed by atoms with Crippen LogP contribution in [0, 0.1) is 6.92 Å². The smallest absolute Gasteiger partial charge is 0.255 e. The van der Waals surface area contributed by atoms with Gasteiger partial charge >= 0.3 is 0 Å². The molecule has 0 aliphatic rings. The minimum Gasteiger partial charge on any atom is -0.322 e.